The van der Waals surface area contributed by atoms with E-state index in [1.54, 1.807) is 31.4 Å². The predicted molar refractivity (Wildman–Crippen MR) is 58.0 cm³/mol. The molecule has 0 saturated carbocycles. The Labute approximate surface area is 106 Å². The van der Waals surface area contributed by atoms with Gasteiger partial charge in [0.15, 0.2) is 0 Å². The molecule has 2 N–H and O–H groups in total. The van der Waals surface area contributed by atoms with Crippen LogP contribution in [0.25, 0.3) is 0 Å². The third-order valence-corrected chi connectivity index (χ3v) is 1.73. The fourth-order valence-electron chi connectivity index (χ4n) is 0.957. The molecule has 106 valence electrons. The van der Waals surface area contributed by atoms with E-state index in [2.05, 4.69) is 0 Å². The number of benzene rings is 1. The minimum Gasteiger partial charge on any atom is -0.497 e. The molecule has 0 fully saturated rings. The summed E-state index contributed by atoms with van der Waals surface area (Å²) in [5.74, 6) is -2.90. The fourth-order valence-corrected chi connectivity index (χ4v) is 0.957. The summed E-state index contributed by atoms with van der Waals surface area (Å²) >= 11 is 0. The monoisotopic (exact) mass is 280 g/mol. The molecule has 19 heavy (non-hydrogen) atoms. The maximum Gasteiger partial charge on any atom is 0.490 e. The van der Waals surface area contributed by atoms with Gasteiger partial charge < -0.3 is 14.9 Å². The number of hydrogen-bond acceptors (Lipinski definition) is 3. The van der Waals surface area contributed by atoms with Gasteiger partial charge in [0.05, 0.1) is 13.5 Å². The van der Waals surface area contributed by atoms with E-state index in [9.17, 15) is 18.0 Å². The molecule has 1 aromatic rings. The number of ether oxygens (including phenoxy) is 1. The van der Waals surface area contributed by atoms with E-state index in [1.165, 1.54) is 0 Å². The minimum absolute atomic E-state index is 0.0389. The minimum atomic E-state index is -5.08. The fraction of sp³-hybridized carbons (Fsp3) is 0.273. The summed E-state index contributed by atoms with van der Waals surface area (Å²) in [5.41, 5.74) is 0.752. The Bertz CT molecular complexity index is 442. The van der Waals surface area contributed by atoms with E-state index < -0.39 is 18.1 Å². The van der Waals surface area contributed by atoms with Gasteiger partial charge in [0.2, 0.25) is 0 Å². The highest BCUT2D eigenvalue weighted by molar-refractivity contribution is 5.73. The van der Waals surface area contributed by atoms with E-state index in [0.717, 1.165) is 5.56 Å². The highest BCUT2D eigenvalue weighted by atomic mass is 19.4. The zero-order valence-electron chi connectivity index (χ0n) is 9.77. The molecule has 0 aliphatic heterocycles. The van der Waals surface area contributed by atoms with Gasteiger partial charge in [-0.3, -0.25) is 4.79 Å². The van der Waals surface area contributed by atoms with Gasteiger partial charge in [-0.1, -0.05) is 12.1 Å². The molecular weight excluding hydrogens is 269 g/mol. The molecule has 0 spiro atoms. The molecular formula is C11H11F3O5. The molecule has 0 heterocycles. The van der Waals surface area contributed by atoms with Crippen molar-refractivity contribution in [1.29, 1.82) is 0 Å². The topological polar surface area (TPSA) is 83.8 Å². The molecule has 8 heteroatoms. The number of carboxylic acid groups (broad SMARTS) is 2. The number of carbonyl (C=O) groups is 2. The highest BCUT2D eigenvalue weighted by Crippen LogP contribution is 2.13. The zero-order valence-corrected chi connectivity index (χ0v) is 9.77. The van der Waals surface area contributed by atoms with Crippen molar-refractivity contribution in [3.63, 3.8) is 0 Å². The van der Waals surface area contributed by atoms with E-state index in [4.69, 9.17) is 19.7 Å². The molecule has 1 aromatic carbocycles. The first kappa shape index (κ1) is 16.8. The molecule has 0 aromatic heterocycles. The quantitative estimate of drug-likeness (QED) is 0.884. The Kier molecular flexibility index (Phi) is 6.39. The van der Waals surface area contributed by atoms with Crippen molar-refractivity contribution in [3.05, 3.63) is 29.8 Å². The average Bonchev–Trinajstić information content (AvgIpc) is 2.28. The maximum atomic E-state index is 10.6. The molecule has 0 atom stereocenters. The van der Waals surface area contributed by atoms with Crippen molar-refractivity contribution >= 4 is 11.9 Å². The molecule has 5 nitrogen and oxygen atoms in total. The number of alkyl halides is 3. The van der Waals surface area contributed by atoms with Crippen LogP contribution in [0.1, 0.15) is 5.56 Å². The van der Waals surface area contributed by atoms with Crippen LogP contribution in [-0.4, -0.2) is 35.4 Å². The molecule has 0 radical (unpaired) electrons. The lowest BCUT2D eigenvalue weighted by Gasteiger charge is -2.00. The van der Waals surface area contributed by atoms with Crippen LogP contribution >= 0.6 is 0 Å². The maximum absolute atomic E-state index is 10.6. The summed E-state index contributed by atoms with van der Waals surface area (Å²) in [7, 11) is 1.56. The Hall–Kier alpha value is -2.25. The summed E-state index contributed by atoms with van der Waals surface area (Å²) in [4.78, 5) is 19.2. The molecule has 0 unspecified atom stereocenters. The number of halogens is 3. The Morgan fingerprint density at radius 1 is 1.26 bits per heavy atom. The summed E-state index contributed by atoms with van der Waals surface area (Å²) < 4.78 is 36.7. The number of aliphatic carboxylic acids is 2. The van der Waals surface area contributed by atoms with Crippen LogP contribution < -0.4 is 4.74 Å². The summed E-state index contributed by atoms with van der Waals surface area (Å²) in [5, 5.41) is 15.6. The average molecular weight is 280 g/mol. The van der Waals surface area contributed by atoms with Crippen molar-refractivity contribution in [2.24, 2.45) is 0 Å². The summed E-state index contributed by atoms with van der Waals surface area (Å²) in [6.45, 7) is 0. The van der Waals surface area contributed by atoms with Gasteiger partial charge in [-0.25, -0.2) is 4.79 Å². The van der Waals surface area contributed by atoms with Crippen molar-refractivity contribution < 1.29 is 37.7 Å². The first-order valence-corrected chi connectivity index (χ1v) is 4.81. The first-order valence-electron chi connectivity index (χ1n) is 4.81. The second-order valence-electron chi connectivity index (χ2n) is 3.22. The molecule has 0 saturated heterocycles. The third kappa shape index (κ3) is 7.63. The van der Waals surface area contributed by atoms with Crippen LogP contribution in [0.4, 0.5) is 13.2 Å². The van der Waals surface area contributed by atoms with Crippen molar-refractivity contribution in [3.8, 4) is 5.75 Å². The second kappa shape index (κ2) is 7.24. The van der Waals surface area contributed by atoms with Gasteiger partial charge >= 0.3 is 18.1 Å². The molecule has 0 aliphatic rings. The standard InChI is InChI=1S/C9H10O3.C2HF3O2/c1-12-8-4-2-3-7(5-8)6-9(10)11;3-2(4,5)1(6)7/h2-5H,6H2,1H3,(H,10,11);(H,6,7). The van der Waals surface area contributed by atoms with E-state index in [-0.39, 0.29) is 6.42 Å². The lowest BCUT2D eigenvalue weighted by Crippen LogP contribution is -2.21. The van der Waals surface area contributed by atoms with Crippen LogP contribution in [-0.2, 0) is 16.0 Å². The first-order chi connectivity index (χ1) is 8.66. The predicted octanol–water partition coefficient (Wildman–Crippen LogP) is 1.96. The van der Waals surface area contributed by atoms with Crippen molar-refractivity contribution in [2.45, 2.75) is 12.6 Å². The molecule has 0 amide bonds. The smallest absolute Gasteiger partial charge is 0.490 e. The highest BCUT2D eigenvalue weighted by Gasteiger charge is 2.38. The van der Waals surface area contributed by atoms with Crippen molar-refractivity contribution in [2.75, 3.05) is 7.11 Å². The largest absolute Gasteiger partial charge is 0.497 e. The Morgan fingerprint density at radius 2 is 1.79 bits per heavy atom. The zero-order chi connectivity index (χ0) is 15.1. The molecule has 1 rings (SSSR count). The van der Waals surface area contributed by atoms with Crippen LogP contribution in [0.2, 0.25) is 0 Å². The molecule has 0 aliphatic carbocycles. The summed E-state index contributed by atoms with van der Waals surface area (Å²) in [6, 6.07) is 7.03. The van der Waals surface area contributed by atoms with E-state index in [1.807, 2.05) is 0 Å². The number of methoxy groups -OCH3 is 1. The van der Waals surface area contributed by atoms with Crippen LogP contribution in [0.15, 0.2) is 24.3 Å². The normalized spacial score (nSPS) is 10.1. The second-order valence-corrected chi connectivity index (χ2v) is 3.22. The SMILES string of the molecule is COc1cccc(CC(=O)O)c1.O=C(O)C(F)(F)F. The van der Waals surface area contributed by atoms with E-state index >= 15 is 0 Å². The van der Waals surface area contributed by atoms with Gasteiger partial charge in [0.1, 0.15) is 5.75 Å². The van der Waals surface area contributed by atoms with Crippen LogP contribution in [0, 0.1) is 0 Å². The van der Waals surface area contributed by atoms with Gasteiger partial charge in [0.25, 0.3) is 0 Å². The van der Waals surface area contributed by atoms with E-state index in [0.29, 0.717) is 5.75 Å². The van der Waals surface area contributed by atoms with Gasteiger partial charge in [-0.05, 0) is 17.7 Å². The number of hydrogen-bond donors (Lipinski definition) is 2. The number of carboxylic acids is 2. The lowest BCUT2D eigenvalue weighted by molar-refractivity contribution is -0.192. The van der Waals surface area contributed by atoms with Gasteiger partial charge in [0, 0.05) is 0 Å². The Balaban J connectivity index is 0.000000399. The summed E-state index contributed by atoms with van der Waals surface area (Å²) in [6.07, 6.45) is -5.04. The van der Waals surface area contributed by atoms with Gasteiger partial charge in [-0.15, -0.1) is 0 Å². The van der Waals surface area contributed by atoms with Crippen LogP contribution in [0.5, 0.6) is 5.75 Å². The molecule has 0 bridgehead atoms. The van der Waals surface area contributed by atoms with Crippen molar-refractivity contribution in [1.82, 2.24) is 0 Å². The third-order valence-electron chi connectivity index (χ3n) is 1.73. The number of rotatable bonds is 3. The van der Waals surface area contributed by atoms with Gasteiger partial charge in [-0.2, -0.15) is 13.2 Å². The van der Waals surface area contributed by atoms with Crippen LogP contribution in [0.3, 0.4) is 0 Å². The lowest BCUT2D eigenvalue weighted by atomic mass is 10.1. The Morgan fingerprint density at radius 3 is 2.16 bits per heavy atom.